The van der Waals surface area contributed by atoms with Crippen LogP contribution in [-0.4, -0.2) is 43.8 Å². The second kappa shape index (κ2) is 16.3. The highest BCUT2D eigenvalue weighted by Crippen LogP contribution is 2.29. The number of rotatable bonds is 14. The lowest BCUT2D eigenvalue weighted by Gasteiger charge is -2.34. The van der Waals surface area contributed by atoms with Gasteiger partial charge in [-0.15, -0.1) is 0 Å². The van der Waals surface area contributed by atoms with Crippen molar-refractivity contribution in [3.05, 3.63) is 156 Å². The highest BCUT2D eigenvalue weighted by Gasteiger charge is 2.35. The van der Waals surface area contributed by atoms with Gasteiger partial charge >= 0.3 is 0 Å². The van der Waals surface area contributed by atoms with Crippen LogP contribution in [0.5, 0.6) is 11.5 Å². The summed E-state index contributed by atoms with van der Waals surface area (Å²) >= 11 is 6.57. The standard InChI is InChI=1S/C39H38ClN3O5S/c1-29(2)41-39(45)37(26-30-14-6-3-7-15-30)42(27-31-16-12-13-21-36(31)40)38(44)28-43(49(46,47)35-19-10-5-11-20-35)32-22-24-34(25-23-32)48-33-17-8-4-9-18-33/h3-25,29,37H,26-28H2,1-2H3,(H,41,45)/t37-/m1/s1. The molecule has 0 fully saturated rings. The number of hydrogen-bond acceptors (Lipinski definition) is 5. The lowest BCUT2D eigenvalue weighted by atomic mass is 10.0. The summed E-state index contributed by atoms with van der Waals surface area (Å²) in [5, 5.41) is 3.38. The van der Waals surface area contributed by atoms with Crippen molar-refractivity contribution in [1.82, 2.24) is 10.2 Å². The Balaban J connectivity index is 1.55. The normalized spacial score (nSPS) is 11.8. The smallest absolute Gasteiger partial charge is 0.264 e. The second-order valence-electron chi connectivity index (χ2n) is 11.7. The van der Waals surface area contributed by atoms with E-state index in [0.717, 1.165) is 9.87 Å². The van der Waals surface area contributed by atoms with Crippen molar-refractivity contribution in [1.29, 1.82) is 0 Å². The Hall–Kier alpha value is -5.12. The van der Waals surface area contributed by atoms with Crippen LogP contribution in [-0.2, 0) is 32.6 Å². The first kappa shape index (κ1) is 35.2. The van der Waals surface area contributed by atoms with Gasteiger partial charge in [0, 0.05) is 24.0 Å². The van der Waals surface area contributed by atoms with Crippen LogP contribution >= 0.6 is 11.6 Å². The summed E-state index contributed by atoms with van der Waals surface area (Å²) in [6, 6.07) is 38.9. The number of ether oxygens (including phenoxy) is 1. The van der Waals surface area contributed by atoms with E-state index in [4.69, 9.17) is 16.3 Å². The van der Waals surface area contributed by atoms with Crippen LogP contribution in [0.2, 0.25) is 5.02 Å². The average Bonchev–Trinajstić information content (AvgIpc) is 3.10. The maximum Gasteiger partial charge on any atom is 0.264 e. The lowest BCUT2D eigenvalue weighted by Crippen LogP contribution is -2.54. The van der Waals surface area contributed by atoms with E-state index in [9.17, 15) is 18.0 Å². The first-order valence-electron chi connectivity index (χ1n) is 15.9. The fraction of sp³-hybridized carbons (Fsp3) is 0.179. The Labute approximate surface area is 293 Å². The average molecular weight is 696 g/mol. The molecule has 8 nitrogen and oxygen atoms in total. The van der Waals surface area contributed by atoms with E-state index in [1.807, 2.05) is 74.5 Å². The Morgan fingerprint density at radius 2 is 1.29 bits per heavy atom. The predicted octanol–water partition coefficient (Wildman–Crippen LogP) is 7.49. The topological polar surface area (TPSA) is 96.0 Å². The number of para-hydroxylation sites is 1. The van der Waals surface area contributed by atoms with E-state index in [2.05, 4.69) is 5.32 Å². The van der Waals surface area contributed by atoms with Gasteiger partial charge in [-0.1, -0.05) is 96.5 Å². The van der Waals surface area contributed by atoms with Crippen molar-refractivity contribution in [2.75, 3.05) is 10.8 Å². The minimum absolute atomic E-state index is 0.0171. The highest BCUT2D eigenvalue weighted by molar-refractivity contribution is 7.92. The molecule has 5 rings (SSSR count). The number of halogens is 1. The zero-order chi connectivity index (χ0) is 34.8. The zero-order valence-corrected chi connectivity index (χ0v) is 28.8. The number of carbonyl (C=O) groups excluding carboxylic acids is 2. The molecule has 252 valence electrons. The second-order valence-corrected chi connectivity index (χ2v) is 14.0. The zero-order valence-electron chi connectivity index (χ0n) is 27.3. The summed E-state index contributed by atoms with van der Waals surface area (Å²) in [5.41, 5.74) is 1.71. The highest BCUT2D eigenvalue weighted by atomic mass is 35.5. The van der Waals surface area contributed by atoms with Crippen LogP contribution in [0.25, 0.3) is 0 Å². The van der Waals surface area contributed by atoms with Gasteiger partial charge in [-0.25, -0.2) is 8.42 Å². The van der Waals surface area contributed by atoms with E-state index >= 15 is 0 Å². The van der Waals surface area contributed by atoms with Gasteiger partial charge in [0.15, 0.2) is 0 Å². The van der Waals surface area contributed by atoms with Crippen LogP contribution in [0.4, 0.5) is 5.69 Å². The van der Waals surface area contributed by atoms with Gasteiger partial charge in [0.25, 0.3) is 10.0 Å². The molecule has 0 aliphatic carbocycles. The fourth-order valence-electron chi connectivity index (χ4n) is 5.30. The minimum atomic E-state index is -4.24. The van der Waals surface area contributed by atoms with Gasteiger partial charge in [0.1, 0.15) is 24.1 Å². The largest absolute Gasteiger partial charge is 0.457 e. The SMILES string of the molecule is CC(C)NC(=O)[C@@H](Cc1ccccc1)N(Cc1ccccc1Cl)C(=O)CN(c1ccc(Oc2ccccc2)cc1)S(=O)(=O)c1ccccc1. The molecule has 0 aliphatic rings. The first-order valence-corrected chi connectivity index (χ1v) is 17.7. The molecule has 0 bridgehead atoms. The van der Waals surface area contributed by atoms with E-state index in [0.29, 0.717) is 22.1 Å². The summed E-state index contributed by atoms with van der Waals surface area (Å²) in [4.78, 5) is 29.9. The molecular weight excluding hydrogens is 658 g/mol. The Morgan fingerprint density at radius 3 is 1.90 bits per heavy atom. The number of nitrogens with zero attached hydrogens (tertiary/aromatic N) is 2. The monoisotopic (exact) mass is 695 g/mol. The number of nitrogens with one attached hydrogen (secondary N) is 1. The van der Waals surface area contributed by atoms with Crippen molar-refractivity contribution in [2.45, 2.75) is 43.8 Å². The maximum absolute atomic E-state index is 14.6. The Morgan fingerprint density at radius 1 is 0.735 bits per heavy atom. The molecule has 49 heavy (non-hydrogen) atoms. The summed E-state index contributed by atoms with van der Waals surface area (Å²) < 4.78 is 35.5. The van der Waals surface area contributed by atoms with Crippen molar-refractivity contribution < 1.29 is 22.7 Å². The third kappa shape index (κ3) is 9.28. The third-order valence-electron chi connectivity index (χ3n) is 7.71. The molecule has 5 aromatic carbocycles. The van der Waals surface area contributed by atoms with Crippen LogP contribution in [0.15, 0.2) is 144 Å². The molecular formula is C39H38ClN3O5S. The van der Waals surface area contributed by atoms with Gasteiger partial charge in [0.05, 0.1) is 10.6 Å². The molecule has 0 aromatic heterocycles. The van der Waals surface area contributed by atoms with Gasteiger partial charge in [-0.05, 0) is 79.6 Å². The Bertz CT molecular complexity index is 1940. The molecule has 0 saturated carbocycles. The van der Waals surface area contributed by atoms with Gasteiger partial charge < -0.3 is 15.0 Å². The van der Waals surface area contributed by atoms with E-state index in [1.54, 1.807) is 66.7 Å². The minimum Gasteiger partial charge on any atom is -0.457 e. The molecule has 10 heteroatoms. The van der Waals surface area contributed by atoms with Crippen LogP contribution in [0, 0.1) is 0 Å². The summed E-state index contributed by atoms with van der Waals surface area (Å²) in [7, 11) is -4.24. The first-order chi connectivity index (χ1) is 23.6. The molecule has 0 aliphatic heterocycles. The predicted molar refractivity (Wildman–Crippen MR) is 193 cm³/mol. The third-order valence-corrected chi connectivity index (χ3v) is 9.87. The number of benzene rings is 5. The van der Waals surface area contributed by atoms with E-state index < -0.39 is 28.5 Å². The quantitative estimate of drug-likeness (QED) is 0.130. The number of amides is 2. The van der Waals surface area contributed by atoms with E-state index in [1.165, 1.54) is 17.0 Å². The maximum atomic E-state index is 14.6. The van der Waals surface area contributed by atoms with Crippen LogP contribution in [0.3, 0.4) is 0 Å². The van der Waals surface area contributed by atoms with Gasteiger partial charge in [-0.2, -0.15) is 0 Å². The molecule has 0 radical (unpaired) electrons. The molecule has 1 N–H and O–H groups in total. The number of hydrogen-bond donors (Lipinski definition) is 1. The van der Waals surface area contributed by atoms with Crippen molar-refractivity contribution in [3.63, 3.8) is 0 Å². The molecule has 5 aromatic rings. The van der Waals surface area contributed by atoms with Crippen molar-refractivity contribution in [2.24, 2.45) is 0 Å². The Kier molecular flexibility index (Phi) is 11.7. The molecule has 0 unspecified atom stereocenters. The number of anilines is 1. The summed E-state index contributed by atoms with van der Waals surface area (Å²) in [6.45, 7) is 3.08. The van der Waals surface area contributed by atoms with E-state index in [-0.39, 0.29) is 35.5 Å². The lowest BCUT2D eigenvalue weighted by molar-refractivity contribution is -0.140. The fourth-order valence-corrected chi connectivity index (χ4v) is 6.93. The van der Waals surface area contributed by atoms with Crippen LogP contribution in [0.1, 0.15) is 25.0 Å². The van der Waals surface area contributed by atoms with Crippen molar-refractivity contribution in [3.8, 4) is 11.5 Å². The van der Waals surface area contributed by atoms with Crippen LogP contribution < -0.4 is 14.4 Å². The number of carbonyl (C=O) groups is 2. The number of sulfonamides is 1. The molecule has 1 atom stereocenters. The summed E-state index contributed by atoms with van der Waals surface area (Å²) in [5.74, 6) is 0.175. The van der Waals surface area contributed by atoms with Gasteiger partial charge in [0.2, 0.25) is 11.8 Å². The summed E-state index contributed by atoms with van der Waals surface area (Å²) in [6.07, 6.45) is 0.201. The molecule has 0 heterocycles. The molecule has 2 amide bonds. The van der Waals surface area contributed by atoms with Gasteiger partial charge in [-0.3, -0.25) is 13.9 Å². The molecule has 0 spiro atoms. The van der Waals surface area contributed by atoms with Crippen molar-refractivity contribution >= 4 is 39.1 Å². The molecule has 0 saturated heterocycles.